The molecule has 0 saturated carbocycles. The van der Waals surface area contributed by atoms with Gasteiger partial charge in [0.25, 0.3) is 0 Å². The maximum atomic E-state index is 11.9. The van der Waals surface area contributed by atoms with E-state index in [2.05, 4.69) is 5.16 Å². The summed E-state index contributed by atoms with van der Waals surface area (Å²) in [5.74, 6) is -1.41. The maximum absolute atomic E-state index is 11.9. The van der Waals surface area contributed by atoms with Crippen LogP contribution in [0.4, 0.5) is 13.2 Å². The maximum Gasteiger partial charge on any atom is 0.397 e. The van der Waals surface area contributed by atoms with Gasteiger partial charge in [0, 0.05) is 6.54 Å². The van der Waals surface area contributed by atoms with Crippen molar-refractivity contribution >= 4 is 11.7 Å². The third-order valence-electron chi connectivity index (χ3n) is 1.57. The summed E-state index contributed by atoms with van der Waals surface area (Å²) in [5.41, 5.74) is 5.08. The first-order valence-electron chi connectivity index (χ1n) is 4.11. The van der Waals surface area contributed by atoms with E-state index in [1.54, 1.807) is 0 Å². The molecule has 0 unspecified atom stereocenters. The lowest BCUT2D eigenvalue weighted by Crippen LogP contribution is -2.40. The van der Waals surface area contributed by atoms with Crippen molar-refractivity contribution in [1.82, 2.24) is 4.90 Å². The second-order valence-electron chi connectivity index (χ2n) is 2.79. The summed E-state index contributed by atoms with van der Waals surface area (Å²) in [5, 5.41) is 10.8. The van der Waals surface area contributed by atoms with Gasteiger partial charge in [0.1, 0.15) is 6.42 Å². The smallest absolute Gasteiger partial charge is 0.397 e. The monoisotopic (exact) mass is 227 g/mol. The standard InChI is InChI=1S/C7H12F3N3O2/c1-2-13(4-5(11)12-15)6(14)3-7(8,9)10/h15H,2-4H2,1H3,(H2,11,12). The summed E-state index contributed by atoms with van der Waals surface area (Å²) in [6.45, 7) is 1.24. The molecule has 0 aromatic heterocycles. The first-order chi connectivity index (χ1) is 6.80. The highest BCUT2D eigenvalue weighted by Gasteiger charge is 2.33. The van der Waals surface area contributed by atoms with Crippen molar-refractivity contribution in [2.45, 2.75) is 19.5 Å². The number of likely N-dealkylation sites (N-methyl/N-ethyl adjacent to an activating group) is 1. The van der Waals surface area contributed by atoms with Crippen LogP contribution in [0.2, 0.25) is 0 Å². The summed E-state index contributed by atoms with van der Waals surface area (Å²) >= 11 is 0. The highest BCUT2D eigenvalue weighted by molar-refractivity contribution is 5.87. The van der Waals surface area contributed by atoms with E-state index >= 15 is 0 Å². The molecular formula is C7H12F3N3O2. The summed E-state index contributed by atoms with van der Waals surface area (Å²) in [4.78, 5) is 11.9. The number of hydrogen-bond acceptors (Lipinski definition) is 3. The Hall–Kier alpha value is -1.47. The summed E-state index contributed by atoms with van der Waals surface area (Å²) < 4.78 is 35.6. The Morgan fingerprint density at radius 2 is 2.07 bits per heavy atom. The van der Waals surface area contributed by atoms with Crippen molar-refractivity contribution in [3.05, 3.63) is 0 Å². The van der Waals surface area contributed by atoms with Crippen molar-refractivity contribution in [3.8, 4) is 0 Å². The van der Waals surface area contributed by atoms with Gasteiger partial charge in [-0.1, -0.05) is 5.16 Å². The zero-order chi connectivity index (χ0) is 12.1. The Morgan fingerprint density at radius 3 is 2.40 bits per heavy atom. The highest BCUT2D eigenvalue weighted by atomic mass is 19.4. The number of carbonyl (C=O) groups is 1. The van der Waals surface area contributed by atoms with Crippen LogP contribution < -0.4 is 5.73 Å². The molecule has 0 heterocycles. The number of nitrogens with two attached hydrogens (primary N) is 1. The van der Waals surface area contributed by atoms with E-state index in [0.717, 1.165) is 4.90 Å². The Morgan fingerprint density at radius 1 is 1.53 bits per heavy atom. The molecule has 0 radical (unpaired) electrons. The number of carbonyl (C=O) groups excluding carboxylic acids is 1. The minimum atomic E-state index is -4.55. The predicted octanol–water partition coefficient (Wildman–Crippen LogP) is 0.534. The molecule has 0 aliphatic carbocycles. The molecule has 3 N–H and O–H groups in total. The number of halogens is 3. The Labute approximate surface area is 84.3 Å². The molecule has 0 aliphatic rings. The van der Waals surface area contributed by atoms with Gasteiger partial charge in [0.05, 0.1) is 6.54 Å². The van der Waals surface area contributed by atoms with Crippen LogP contribution in [0.15, 0.2) is 5.16 Å². The quantitative estimate of drug-likeness (QED) is 0.318. The van der Waals surface area contributed by atoms with Crippen LogP contribution in [-0.4, -0.2) is 41.1 Å². The largest absolute Gasteiger partial charge is 0.409 e. The van der Waals surface area contributed by atoms with Crippen LogP contribution in [0.1, 0.15) is 13.3 Å². The minimum Gasteiger partial charge on any atom is -0.409 e. The molecule has 0 fully saturated rings. The second kappa shape index (κ2) is 5.42. The minimum absolute atomic E-state index is 0.0606. The van der Waals surface area contributed by atoms with E-state index in [0.29, 0.717) is 0 Å². The van der Waals surface area contributed by atoms with Gasteiger partial charge < -0.3 is 15.8 Å². The molecule has 88 valence electrons. The van der Waals surface area contributed by atoms with Crippen LogP contribution in [0.25, 0.3) is 0 Å². The molecule has 0 saturated heterocycles. The van der Waals surface area contributed by atoms with Crippen LogP contribution in [-0.2, 0) is 4.79 Å². The number of amidine groups is 1. The zero-order valence-electron chi connectivity index (χ0n) is 8.08. The van der Waals surface area contributed by atoms with Crippen LogP contribution in [0, 0.1) is 0 Å². The number of alkyl halides is 3. The van der Waals surface area contributed by atoms with Crippen molar-refractivity contribution in [2.75, 3.05) is 13.1 Å². The third kappa shape index (κ3) is 5.76. The van der Waals surface area contributed by atoms with Crippen molar-refractivity contribution in [3.63, 3.8) is 0 Å². The highest BCUT2D eigenvalue weighted by Crippen LogP contribution is 2.20. The molecule has 0 atom stereocenters. The molecule has 8 heteroatoms. The molecule has 0 aliphatic heterocycles. The van der Waals surface area contributed by atoms with Crippen LogP contribution >= 0.6 is 0 Å². The van der Waals surface area contributed by atoms with E-state index in [-0.39, 0.29) is 18.9 Å². The zero-order valence-corrected chi connectivity index (χ0v) is 8.08. The first-order valence-corrected chi connectivity index (χ1v) is 4.11. The molecule has 5 nitrogen and oxygen atoms in total. The fraction of sp³-hybridized carbons (Fsp3) is 0.714. The van der Waals surface area contributed by atoms with E-state index in [4.69, 9.17) is 10.9 Å². The number of hydrogen-bond donors (Lipinski definition) is 2. The summed E-state index contributed by atoms with van der Waals surface area (Å²) in [6, 6.07) is 0. The summed E-state index contributed by atoms with van der Waals surface area (Å²) in [7, 11) is 0. The lowest BCUT2D eigenvalue weighted by molar-refractivity contribution is -0.160. The predicted molar refractivity (Wildman–Crippen MR) is 46.3 cm³/mol. The lowest BCUT2D eigenvalue weighted by atomic mass is 10.3. The van der Waals surface area contributed by atoms with Crippen molar-refractivity contribution < 1.29 is 23.2 Å². The second-order valence-corrected chi connectivity index (χ2v) is 2.79. The van der Waals surface area contributed by atoms with Gasteiger partial charge in [-0.2, -0.15) is 13.2 Å². The fourth-order valence-electron chi connectivity index (χ4n) is 0.887. The van der Waals surface area contributed by atoms with Gasteiger partial charge in [-0.3, -0.25) is 4.79 Å². The van der Waals surface area contributed by atoms with Gasteiger partial charge in [-0.05, 0) is 6.92 Å². The van der Waals surface area contributed by atoms with Gasteiger partial charge >= 0.3 is 6.18 Å². The normalized spacial score (nSPS) is 12.7. The number of oxime groups is 1. The Bertz CT molecular complexity index is 252. The van der Waals surface area contributed by atoms with Crippen LogP contribution in [0.3, 0.4) is 0 Å². The molecule has 0 aromatic rings. The van der Waals surface area contributed by atoms with E-state index < -0.39 is 18.5 Å². The van der Waals surface area contributed by atoms with Gasteiger partial charge in [0.2, 0.25) is 5.91 Å². The molecular weight excluding hydrogens is 215 g/mol. The molecule has 0 rings (SSSR count). The fourth-order valence-corrected chi connectivity index (χ4v) is 0.887. The average Bonchev–Trinajstić information content (AvgIpc) is 2.10. The van der Waals surface area contributed by atoms with Gasteiger partial charge in [-0.15, -0.1) is 0 Å². The van der Waals surface area contributed by atoms with Crippen LogP contribution in [0.5, 0.6) is 0 Å². The number of amides is 1. The molecule has 0 bridgehead atoms. The average molecular weight is 227 g/mol. The van der Waals surface area contributed by atoms with E-state index in [9.17, 15) is 18.0 Å². The topological polar surface area (TPSA) is 78.9 Å². The molecule has 15 heavy (non-hydrogen) atoms. The van der Waals surface area contributed by atoms with Gasteiger partial charge in [-0.25, -0.2) is 0 Å². The Balaban J connectivity index is 4.36. The van der Waals surface area contributed by atoms with E-state index in [1.165, 1.54) is 6.92 Å². The van der Waals surface area contributed by atoms with Gasteiger partial charge in [0.15, 0.2) is 5.84 Å². The third-order valence-corrected chi connectivity index (χ3v) is 1.57. The Kier molecular flexibility index (Phi) is 4.89. The SMILES string of the molecule is CCN(CC(N)=NO)C(=O)CC(F)(F)F. The van der Waals surface area contributed by atoms with Crippen molar-refractivity contribution in [2.24, 2.45) is 10.9 Å². The van der Waals surface area contributed by atoms with E-state index in [1.807, 2.05) is 0 Å². The molecule has 0 spiro atoms. The number of rotatable bonds is 4. The lowest BCUT2D eigenvalue weighted by Gasteiger charge is -2.20. The first kappa shape index (κ1) is 13.5. The molecule has 1 amide bonds. The summed E-state index contributed by atoms with van der Waals surface area (Å²) in [6.07, 6.45) is -6.09. The van der Waals surface area contributed by atoms with Crippen molar-refractivity contribution in [1.29, 1.82) is 0 Å². The number of nitrogens with zero attached hydrogens (tertiary/aromatic N) is 2. The molecule has 0 aromatic carbocycles.